The van der Waals surface area contributed by atoms with Crippen molar-refractivity contribution in [3.05, 3.63) is 70.8 Å². The molecule has 3 aliphatic carbocycles. The molecule has 0 bridgehead atoms. The molecule has 1 aromatic heterocycles. The molecule has 4 rings (SSSR count). The van der Waals surface area contributed by atoms with Crippen LogP contribution in [-0.4, -0.2) is 11.6 Å². The van der Waals surface area contributed by atoms with Gasteiger partial charge in [0, 0.05) is 17.1 Å². The number of aryl methyl sites for hydroxylation is 1. The molecule has 0 saturated carbocycles. The predicted molar refractivity (Wildman–Crippen MR) is 83.1 cm³/mol. The van der Waals surface area contributed by atoms with Crippen LogP contribution in [0, 0.1) is 12.8 Å². The minimum absolute atomic E-state index is 0.0278. The van der Waals surface area contributed by atoms with Gasteiger partial charge in [-0.1, -0.05) is 42.5 Å². The van der Waals surface area contributed by atoms with Crippen LogP contribution >= 0.6 is 0 Å². The largest absolute Gasteiger partial charge is 0.457 e. The van der Waals surface area contributed by atoms with E-state index in [-0.39, 0.29) is 29.2 Å². The highest BCUT2D eigenvalue weighted by molar-refractivity contribution is 6.23. The Morgan fingerprint density at radius 2 is 1.91 bits per heavy atom. The fourth-order valence-corrected chi connectivity index (χ4v) is 3.62. The molecule has 0 spiro atoms. The molecule has 1 heterocycles. The molecule has 2 atom stereocenters. The number of carbonyl (C=O) groups is 2. The first-order valence-electron chi connectivity index (χ1n) is 7.60. The predicted octanol–water partition coefficient (Wildman–Crippen LogP) is 4.07. The Kier molecular flexibility index (Phi) is 2.89. The summed E-state index contributed by atoms with van der Waals surface area (Å²) < 4.78 is 5.73. The Morgan fingerprint density at radius 1 is 1.09 bits per heavy atom. The highest BCUT2D eigenvalue weighted by Crippen LogP contribution is 2.42. The van der Waals surface area contributed by atoms with Crippen molar-refractivity contribution in [2.75, 3.05) is 0 Å². The number of carbonyl (C=O) groups excluding carboxylic acids is 2. The van der Waals surface area contributed by atoms with E-state index in [0.29, 0.717) is 23.3 Å². The van der Waals surface area contributed by atoms with Crippen molar-refractivity contribution < 1.29 is 14.0 Å². The van der Waals surface area contributed by atoms with E-state index in [9.17, 15) is 9.59 Å². The van der Waals surface area contributed by atoms with Crippen molar-refractivity contribution in [2.24, 2.45) is 5.92 Å². The summed E-state index contributed by atoms with van der Waals surface area (Å²) in [6.07, 6.45) is 15.1. The number of Topliss-reactive ketones (excluding diaryl/α,β-unsaturated/α-hetero) is 2. The van der Waals surface area contributed by atoms with E-state index >= 15 is 0 Å². The van der Waals surface area contributed by atoms with Crippen molar-refractivity contribution in [3.63, 3.8) is 0 Å². The molecule has 22 heavy (non-hydrogen) atoms. The van der Waals surface area contributed by atoms with Gasteiger partial charge >= 0.3 is 0 Å². The maximum atomic E-state index is 12.9. The maximum Gasteiger partial charge on any atom is 0.225 e. The average molecular weight is 292 g/mol. The van der Waals surface area contributed by atoms with Gasteiger partial charge in [0.15, 0.2) is 11.5 Å². The molecule has 3 aliphatic rings. The molecule has 2 unspecified atom stereocenters. The first kappa shape index (κ1) is 13.3. The van der Waals surface area contributed by atoms with Crippen molar-refractivity contribution in [1.82, 2.24) is 0 Å². The molecular formula is C19H16O3. The Balaban J connectivity index is 1.90. The number of furan rings is 1. The molecule has 0 fully saturated rings. The second-order valence-corrected chi connectivity index (χ2v) is 5.96. The van der Waals surface area contributed by atoms with Gasteiger partial charge in [-0.25, -0.2) is 0 Å². The third-order valence-electron chi connectivity index (χ3n) is 4.67. The molecule has 3 heteroatoms. The van der Waals surface area contributed by atoms with E-state index in [1.54, 1.807) is 6.08 Å². The molecule has 3 nitrogen and oxygen atoms in total. The van der Waals surface area contributed by atoms with E-state index in [2.05, 4.69) is 12.2 Å². The van der Waals surface area contributed by atoms with E-state index < -0.39 is 0 Å². The van der Waals surface area contributed by atoms with Crippen LogP contribution < -0.4 is 0 Å². The highest BCUT2D eigenvalue weighted by atomic mass is 16.3. The van der Waals surface area contributed by atoms with Crippen LogP contribution in [0.15, 0.2) is 52.5 Å². The number of rotatable bonds is 1. The summed E-state index contributed by atoms with van der Waals surface area (Å²) in [5.74, 6) is 0.582. The maximum absolute atomic E-state index is 12.9. The third-order valence-corrected chi connectivity index (χ3v) is 4.67. The normalized spacial score (nSPS) is 26.0. The summed E-state index contributed by atoms with van der Waals surface area (Å²) in [5.41, 5.74) is 1.98. The first-order valence-corrected chi connectivity index (χ1v) is 7.60. The zero-order valence-corrected chi connectivity index (χ0v) is 12.3. The summed E-state index contributed by atoms with van der Waals surface area (Å²) in [4.78, 5) is 25.6. The molecule has 0 amide bonds. The first-order chi connectivity index (χ1) is 10.7. The minimum Gasteiger partial charge on any atom is -0.457 e. The molecule has 110 valence electrons. The minimum atomic E-state index is -0.344. The lowest BCUT2D eigenvalue weighted by atomic mass is 9.74. The van der Waals surface area contributed by atoms with E-state index in [1.807, 2.05) is 31.2 Å². The lowest BCUT2D eigenvalue weighted by Gasteiger charge is -2.25. The fraction of sp³-hybridized carbons (Fsp3) is 0.263. The van der Waals surface area contributed by atoms with Crippen molar-refractivity contribution in [1.29, 1.82) is 0 Å². The van der Waals surface area contributed by atoms with Gasteiger partial charge in [-0.3, -0.25) is 9.59 Å². The summed E-state index contributed by atoms with van der Waals surface area (Å²) in [6, 6.07) is 0. The van der Waals surface area contributed by atoms with Crippen LogP contribution in [0.5, 0.6) is 0 Å². The standard InChI is InChI=1S/C19H16O3/c1-11-15(12-7-3-2-4-8-12)16-17(20)13-9-5-6-10-14(13)18(21)19(16)22-11/h2-7,10,12-13H,8-9H2,1H3. The van der Waals surface area contributed by atoms with Gasteiger partial charge in [0.25, 0.3) is 0 Å². The number of hydrogen-bond acceptors (Lipinski definition) is 3. The molecular weight excluding hydrogens is 276 g/mol. The Morgan fingerprint density at radius 3 is 2.68 bits per heavy atom. The van der Waals surface area contributed by atoms with Gasteiger partial charge in [-0.2, -0.15) is 0 Å². The summed E-state index contributed by atoms with van der Waals surface area (Å²) >= 11 is 0. The quantitative estimate of drug-likeness (QED) is 0.784. The Hall–Kier alpha value is -2.42. The number of ketones is 2. The van der Waals surface area contributed by atoms with Crippen molar-refractivity contribution in [2.45, 2.75) is 25.7 Å². The van der Waals surface area contributed by atoms with E-state index in [1.165, 1.54) is 0 Å². The lowest BCUT2D eigenvalue weighted by molar-refractivity contribution is 0.0867. The second kappa shape index (κ2) is 4.80. The molecule has 0 aromatic carbocycles. The number of hydrogen-bond donors (Lipinski definition) is 0. The number of allylic oxidation sites excluding steroid dienone is 8. The Bertz CT molecular complexity index is 799. The summed E-state index contributed by atoms with van der Waals surface area (Å²) in [5, 5.41) is 0. The lowest BCUT2D eigenvalue weighted by Crippen LogP contribution is -2.30. The topological polar surface area (TPSA) is 47.3 Å². The second-order valence-electron chi connectivity index (χ2n) is 5.96. The fourth-order valence-electron chi connectivity index (χ4n) is 3.62. The van der Waals surface area contributed by atoms with Gasteiger partial charge in [0.1, 0.15) is 5.76 Å². The van der Waals surface area contributed by atoms with Crippen LogP contribution in [0.1, 0.15) is 51.0 Å². The van der Waals surface area contributed by atoms with Gasteiger partial charge in [0.05, 0.1) is 11.5 Å². The van der Waals surface area contributed by atoms with Gasteiger partial charge in [0.2, 0.25) is 5.78 Å². The van der Waals surface area contributed by atoms with E-state index in [4.69, 9.17) is 4.42 Å². The van der Waals surface area contributed by atoms with Gasteiger partial charge in [-0.05, 0) is 19.8 Å². The SMILES string of the molecule is Cc1oc2c(c1C1C=CC=CC1)C(=O)C1CC=CC=C1C2=O. The van der Waals surface area contributed by atoms with Crippen LogP contribution in [0.2, 0.25) is 0 Å². The van der Waals surface area contributed by atoms with Crippen LogP contribution in [0.3, 0.4) is 0 Å². The monoisotopic (exact) mass is 292 g/mol. The summed E-state index contributed by atoms with van der Waals surface area (Å²) in [7, 11) is 0. The van der Waals surface area contributed by atoms with E-state index in [0.717, 1.165) is 12.0 Å². The van der Waals surface area contributed by atoms with Crippen LogP contribution in [-0.2, 0) is 0 Å². The van der Waals surface area contributed by atoms with Gasteiger partial charge < -0.3 is 4.42 Å². The summed E-state index contributed by atoms with van der Waals surface area (Å²) in [6.45, 7) is 1.84. The van der Waals surface area contributed by atoms with Crippen molar-refractivity contribution in [3.8, 4) is 0 Å². The smallest absolute Gasteiger partial charge is 0.225 e. The highest BCUT2D eigenvalue weighted by Gasteiger charge is 2.42. The zero-order chi connectivity index (χ0) is 15.3. The molecule has 1 aromatic rings. The Labute approximate surface area is 128 Å². The average Bonchev–Trinajstić information content (AvgIpc) is 2.91. The van der Waals surface area contributed by atoms with Gasteiger partial charge in [-0.15, -0.1) is 0 Å². The molecule has 0 radical (unpaired) electrons. The van der Waals surface area contributed by atoms with Crippen LogP contribution in [0.4, 0.5) is 0 Å². The molecule has 0 aliphatic heterocycles. The number of fused-ring (bicyclic) bond motifs is 2. The van der Waals surface area contributed by atoms with Crippen molar-refractivity contribution >= 4 is 11.6 Å². The zero-order valence-electron chi connectivity index (χ0n) is 12.3. The third kappa shape index (κ3) is 1.75. The molecule has 0 saturated heterocycles. The van der Waals surface area contributed by atoms with Crippen LogP contribution in [0.25, 0.3) is 0 Å². The molecule has 0 N–H and O–H groups in total.